The van der Waals surface area contributed by atoms with Crippen molar-refractivity contribution < 1.29 is 19.1 Å². The van der Waals surface area contributed by atoms with E-state index in [1.54, 1.807) is 7.11 Å². The molecule has 1 aliphatic carbocycles. The number of aromatic nitrogens is 1. The molecule has 158 valence electrons. The number of ether oxygens (including phenoxy) is 1. The molecule has 30 heavy (non-hydrogen) atoms. The Morgan fingerprint density at radius 2 is 2.03 bits per heavy atom. The zero-order valence-electron chi connectivity index (χ0n) is 17.5. The number of methoxy groups -OCH3 is 1. The third kappa shape index (κ3) is 3.01. The molecule has 2 aromatic rings. The SMILES string of the molecule is COc1ccccc1-c1csc(NC(=O)CN2C(=O)C3CCC(C)(C2=O)C3(C)C)n1. The number of nitrogens with one attached hydrogen (secondary N) is 1. The van der Waals surface area contributed by atoms with Crippen LogP contribution in [0.5, 0.6) is 5.75 Å². The first-order valence-electron chi connectivity index (χ1n) is 9.93. The third-order valence-corrected chi connectivity index (χ3v) is 7.70. The van der Waals surface area contributed by atoms with Crippen LogP contribution in [0.4, 0.5) is 5.13 Å². The van der Waals surface area contributed by atoms with Gasteiger partial charge in [0.2, 0.25) is 17.7 Å². The Kier molecular flexibility index (Phi) is 4.92. The molecule has 2 aliphatic rings. The van der Waals surface area contributed by atoms with Crippen LogP contribution in [0.3, 0.4) is 0 Å². The lowest BCUT2D eigenvalue weighted by molar-refractivity contribution is -0.168. The maximum atomic E-state index is 13.1. The second-order valence-electron chi connectivity index (χ2n) is 8.66. The topological polar surface area (TPSA) is 88.6 Å². The number of anilines is 1. The summed E-state index contributed by atoms with van der Waals surface area (Å²) in [7, 11) is 1.59. The van der Waals surface area contributed by atoms with E-state index in [-0.39, 0.29) is 24.3 Å². The number of benzene rings is 1. The molecule has 8 heteroatoms. The lowest BCUT2D eigenvalue weighted by atomic mass is 9.62. The van der Waals surface area contributed by atoms with Gasteiger partial charge in [-0.15, -0.1) is 11.3 Å². The van der Waals surface area contributed by atoms with Gasteiger partial charge in [-0.25, -0.2) is 4.98 Å². The van der Waals surface area contributed by atoms with Gasteiger partial charge in [0.25, 0.3) is 0 Å². The zero-order valence-corrected chi connectivity index (χ0v) is 18.3. The smallest absolute Gasteiger partial charge is 0.246 e. The molecule has 1 aromatic heterocycles. The number of hydrogen-bond donors (Lipinski definition) is 1. The van der Waals surface area contributed by atoms with Crippen LogP contribution >= 0.6 is 11.3 Å². The van der Waals surface area contributed by atoms with E-state index in [0.717, 1.165) is 10.5 Å². The highest BCUT2D eigenvalue weighted by atomic mass is 32.1. The van der Waals surface area contributed by atoms with E-state index in [4.69, 9.17) is 4.74 Å². The molecular weight excluding hydrogens is 402 g/mol. The molecule has 1 aliphatic heterocycles. The number of fused-ring (bicyclic) bond motifs is 2. The predicted octanol–water partition coefficient (Wildman–Crippen LogP) is 3.57. The van der Waals surface area contributed by atoms with Gasteiger partial charge in [-0.3, -0.25) is 19.3 Å². The molecule has 7 nitrogen and oxygen atoms in total. The summed E-state index contributed by atoms with van der Waals surface area (Å²) < 4.78 is 5.36. The van der Waals surface area contributed by atoms with Crippen LogP contribution in [0.1, 0.15) is 33.6 Å². The van der Waals surface area contributed by atoms with Gasteiger partial charge in [-0.05, 0) is 30.4 Å². The van der Waals surface area contributed by atoms with E-state index in [2.05, 4.69) is 10.3 Å². The summed E-state index contributed by atoms with van der Waals surface area (Å²) in [6, 6.07) is 7.50. The molecule has 3 amide bonds. The number of carbonyl (C=O) groups excluding carboxylic acids is 3. The standard InChI is InChI=1S/C22H25N3O4S/c1-21(2)14-9-10-22(21,3)19(28)25(18(14)27)11-17(26)24-20-23-15(12-30-20)13-7-5-6-8-16(13)29-4/h5-8,12,14H,9-11H2,1-4H3,(H,23,24,26). The zero-order chi connectivity index (χ0) is 21.7. The van der Waals surface area contributed by atoms with Gasteiger partial charge >= 0.3 is 0 Å². The summed E-state index contributed by atoms with van der Waals surface area (Å²) >= 11 is 1.28. The van der Waals surface area contributed by atoms with Gasteiger partial charge in [0.05, 0.1) is 18.2 Å². The molecule has 2 bridgehead atoms. The van der Waals surface area contributed by atoms with Crippen molar-refractivity contribution in [1.82, 2.24) is 9.88 Å². The average molecular weight is 428 g/mol. The Hall–Kier alpha value is -2.74. The highest BCUT2D eigenvalue weighted by Gasteiger charge is 2.64. The minimum atomic E-state index is -0.621. The summed E-state index contributed by atoms with van der Waals surface area (Å²) in [6.07, 6.45) is 1.35. The first-order valence-corrected chi connectivity index (χ1v) is 10.8. The number of amides is 3. The maximum absolute atomic E-state index is 13.1. The quantitative estimate of drug-likeness (QED) is 0.737. The molecule has 2 heterocycles. The summed E-state index contributed by atoms with van der Waals surface area (Å²) in [5.41, 5.74) is 0.493. The molecule has 2 fully saturated rings. The second-order valence-corrected chi connectivity index (χ2v) is 9.52. The molecule has 4 rings (SSSR count). The first-order chi connectivity index (χ1) is 14.2. The summed E-state index contributed by atoms with van der Waals surface area (Å²) in [5.74, 6) is -0.471. The van der Waals surface area contributed by atoms with Crippen LogP contribution in [0.25, 0.3) is 11.3 Å². The van der Waals surface area contributed by atoms with Gasteiger partial charge in [0.15, 0.2) is 5.13 Å². The number of para-hydroxylation sites is 1. The molecular formula is C22H25N3O4S. The monoisotopic (exact) mass is 427 g/mol. The molecule has 0 spiro atoms. The number of thiazole rings is 1. The third-order valence-electron chi connectivity index (χ3n) is 6.94. The van der Waals surface area contributed by atoms with E-state index in [0.29, 0.717) is 29.4 Å². The number of piperidine rings is 1. The van der Waals surface area contributed by atoms with Crippen molar-refractivity contribution in [2.75, 3.05) is 19.0 Å². The minimum absolute atomic E-state index is 0.231. The van der Waals surface area contributed by atoms with Crippen molar-refractivity contribution in [3.63, 3.8) is 0 Å². The van der Waals surface area contributed by atoms with Crippen LogP contribution in [0, 0.1) is 16.7 Å². The lowest BCUT2D eigenvalue weighted by Gasteiger charge is -2.47. The Balaban J connectivity index is 1.48. The summed E-state index contributed by atoms with van der Waals surface area (Å²) in [5, 5.41) is 4.96. The molecule has 0 radical (unpaired) electrons. The van der Waals surface area contributed by atoms with Gasteiger partial charge in [0.1, 0.15) is 12.3 Å². The van der Waals surface area contributed by atoms with Crippen LogP contribution in [0.15, 0.2) is 29.6 Å². The maximum Gasteiger partial charge on any atom is 0.246 e. The van der Waals surface area contributed by atoms with Crippen molar-refractivity contribution in [2.24, 2.45) is 16.7 Å². The fourth-order valence-electron chi connectivity index (χ4n) is 4.66. The van der Waals surface area contributed by atoms with E-state index < -0.39 is 16.7 Å². The highest BCUT2D eigenvalue weighted by Crippen LogP contribution is 2.59. The van der Waals surface area contributed by atoms with Crippen molar-refractivity contribution in [3.05, 3.63) is 29.6 Å². The number of likely N-dealkylation sites (tertiary alicyclic amines) is 1. The van der Waals surface area contributed by atoms with Gasteiger partial charge in [-0.2, -0.15) is 0 Å². The van der Waals surface area contributed by atoms with Gasteiger partial charge < -0.3 is 10.1 Å². The van der Waals surface area contributed by atoms with Crippen LogP contribution in [0.2, 0.25) is 0 Å². The highest BCUT2D eigenvalue weighted by molar-refractivity contribution is 7.14. The van der Waals surface area contributed by atoms with E-state index in [9.17, 15) is 14.4 Å². The minimum Gasteiger partial charge on any atom is -0.496 e. The van der Waals surface area contributed by atoms with Crippen molar-refractivity contribution in [2.45, 2.75) is 33.6 Å². The molecule has 1 saturated heterocycles. The number of rotatable bonds is 5. The second kappa shape index (κ2) is 7.19. The fourth-order valence-corrected chi connectivity index (χ4v) is 5.39. The fraction of sp³-hybridized carbons (Fsp3) is 0.455. The Labute approximate surface area is 179 Å². The number of hydrogen-bond acceptors (Lipinski definition) is 6. The molecule has 1 N–H and O–H groups in total. The first kappa shape index (κ1) is 20.5. The van der Waals surface area contributed by atoms with Crippen LogP contribution in [-0.2, 0) is 14.4 Å². The lowest BCUT2D eigenvalue weighted by Crippen LogP contribution is -2.60. The van der Waals surface area contributed by atoms with E-state index in [1.807, 2.05) is 50.4 Å². The number of carbonyl (C=O) groups is 3. The normalized spacial score (nSPS) is 24.8. The summed E-state index contributed by atoms with van der Waals surface area (Å²) in [4.78, 5) is 44.2. The Bertz CT molecular complexity index is 1030. The summed E-state index contributed by atoms with van der Waals surface area (Å²) in [6.45, 7) is 5.58. The van der Waals surface area contributed by atoms with Crippen molar-refractivity contribution >= 4 is 34.2 Å². The van der Waals surface area contributed by atoms with Gasteiger partial charge in [-0.1, -0.05) is 32.9 Å². The number of nitrogens with zero attached hydrogens (tertiary/aromatic N) is 2. The molecule has 1 saturated carbocycles. The van der Waals surface area contributed by atoms with Crippen LogP contribution in [-0.4, -0.2) is 41.3 Å². The van der Waals surface area contributed by atoms with Gasteiger partial charge in [0, 0.05) is 16.9 Å². The van der Waals surface area contributed by atoms with E-state index in [1.165, 1.54) is 11.3 Å². The van der Waals surface area contributed by atoms with Crippen molar-refractivity contribution in [1.29, 1.82) is 0 Å². The average Bonchev–Trinajstić information content (AvgIpc) is 3.24. The number of imide groups is 1. The van der Waals surface area contributed by atoms with E-state index >= 15 is 0 Å². The predicted molar refractivity (Wildman–Crippen MR) is 114 cm³/mol. The Morgan fingerprint density at radius 1 is 1.30 bits per heavy atom. The largest absolute Gasteiger partial charge is 0.496 e. The molecule has 1 aromatic carbocycles. The molecule has 2 atom stereocenters. The Morgan fingerprint density at radius 3 is 2.77 bits per heavy atom. The molecule has 2 unspecified atom stereocenters. The van der Waals surface area contributed by atoms with Crippen molar-refractivity contribution in [3.8, 4) is 17.0 Å². The van der Waals surface area contributed by atoms with Crippen LogP contribution < -0.4 is 10.1 Å².